The average Bonchev–Trinajstić information content (AvgIpc) is 2.66. The highest BCUT2D eigenvalue weighted by Crippen LogP contribution is 2.30. The van der Waals surface area contributed by atoms with Crippen molar-refractivity contribution >= 4 is 29.0 Å². The van der Waals surface area contributed by atoms with E-state index in [1.54, 1.807) is 30.5 Å². The lowest BCUT2D eigenvalue weighted by Gasteiger charge is -2.10. The molecule has 0 aliphatic carbocycles. The van der Waals surface area contributed by atoms with E-state index >= 15 is 0 Å². The smallest absolute Gasteiger partial charge is 0.319 e. The number of aromatic nitrogens is 4. The molecule has 0 aliphatic rings. The number of hydrazine groups is 1. The van der Waals surface area contributed by atoms with E-state index in [9.17, 15) is 14.9 Å². The van der Waals surface area contributed by atoms with E-state index in [1.807, 2.05) is 6.92 Å². The van der Waals surface area contributed by atoms with Gasteiger partial charge in [-0.2, -0.15) is 0 Å². The first-order valence-electron chi connectivity index (χ1n) is 7.71. The second-order valence-electron chi connectivity index (χ2n) is 5.31. The van der Waals surface area contributed by atoms with Crippen LogP contribution in [0.3, 0.4) is 0 Å². The zero-order chi connectivity index (χ0) is 19.2. The molecule has 0 aromatic carbocycles. The van der Waals surface area contributed by atoms with Gasteiger partial charge < -0.3 is 5.32 Å². The van der Waals surface area contributed by atoms with E-state index in [4.69, 9.17) is 0 Å². The molecule has 11 heteroatoms. The molecule has 3 N–H and O–H groups in total. The normalized spacial score (nSPS) is 10.1. The third kappa shape index (κ3) is 4.28. The van der Waals surface area contributed by atoms with Crippen molar-refractivity contribution in [3.05, 3.63) is 70.4 Å². The van der Waals surface area contributed by atoms with Crippen molar-refractivity contribution in [2.45, 2.75) is 6.92 Å². The number of anilines is 3. The monoisotopic (exact) mass is 366 g/mol. The zero-order valence-electron chi connectivity index (χ0n) is 14.1. The molecule has 0 radical (unpaired) electrons. The Morgan fingerprint density at radius 3 is 2.59 bits per heavy atom. The minimum absolute atomic E-state index is 0.0670. The Balaban J connectivity index is 1.83. The van der Waals surface area contributed by atoms with E-state index in [-0.39, 0.29) is 17.3 Å². The summed E-state index contributed by atoms with van der Waals surface area (Å²) in [6.07, 6.45) is 4.15. The summed E-state index contributed by atoms with van der Waals surface area (Å²) in [4.78, 5) is 38.6. The molecule has 0 atom stereocenters. The first kappa shape index (κ1) is 17.7. The van der Waals surface area contributed by atoms with Crippen LogP contribution in [0.1, 0.15) is 16.1 Å². The number of hydrogen-bond donors (Lipinski definition) is 3. The second-order valence-corrected chi connectivity index (χ2v) is 5.31. The van der Waals surface area contributed by atoms with Crippen LogP contribution in [0.2, 0.25) is 0 Å². The Kier molecular flexibility index (Phi) is 5.12. The van der Waals surface area contributed by atoms with Crippen LogP contribution in [-0.2, 0) is 0 Å². The summed E-state index contributed by atoms with van der Waals surface area (Å²) in [6.45, 7) is 1.86. The number of aryl methyl sites for hydroxylation is 1. The van der Waals surface area contributed by atoms with Crippen LogP contribution in [0.4, 0.5) is 23.1 Å². The van der Waals surface area contributed by atoms with Crippen LogP contribution in [0, 0.1) is 17.0 Å². The molecule has 0 unspecified atom stereocenters. The van der Waals surface area contributed by atoms with Gasteiger partial charge in [0.05, 0.1) is 4.92 Å². The van der Waals surface area contributed by atoms with E-state index in [2.05, 4.69) is 36.1 Å². The largest absolute Gasteiger partial charge is 0.355 e. The first-order valence-corrected chi connectivity index (χ1v) is 7.71. The third-order valence-corrected chi connectivity index (χ3v) is 3.36. The van der Waals surface area contributed by atoms with Crippen molar-refractivity contribution in [3.8, 4) is 0 Å². The molecule has 0 aliphatic heterocycles. The highest BCUT2D eigenvalue weighted by Gasteiger charge is 2.24. The Hall–Kier alpha value is -4.15. The number of pyridine rings is 2. The van der Waals surface area contributed by atoms with Crippen molar-refractivity contribution in [2.75, 3.05) is 10.7 Å². The van der Waals surface area contributed by atoms with Gasteiger partial charge in [-0.15, -0.1) is 0 Å². The van der Waals surface area contributed by atoms with E-state index in [1.165, 1.54) is 12.3 Å². The Bertz CT molecular complexity index is 980. The van der Waals surface area contributed by atoms with Gasteiger partial charge in [0.2, 0.25) is 11.6 Å². The van der Waals surface area contributed by atoms with Gasteiger partial charge in [-0.05, 0) is 36.8 Å². The van der Waals surface area contributed by atoms with Gasteiger partial charge in [0.15, 0.2) is 0 Å². The topological polar surface area (TPSA) is 148 Å². The number of hydrogen-bond acceptors (Lipinski definition) is 9. The molecule has 3 heterocycles. The molecule has 3 rings (SSSR count). The predicted octanol–water partition coefficient (Wildman–Crippen LogP) is 1.98. The molecule has 0 bridgehead atoms. The summed E-state index contributed by atoms with van der Waals surface area (Å²) >= 11 is 0. The fourth-order valence-corrected chi connectivity index (χ4v) is 2.14. The molecule has 0 spiro atoms. The van der Waals surface area contributed by atoms with Gasteiger partial charge in [-0.1, -0.05) is 6.07 Å². The molecule has 3 aromatic rings. The van der Waals surface area contributed by atoms with Crippen LogP contribution < -0.4 is 16.2 Å². The Morgan fingerprint density at radius 1 is 1.07 bits per heavy atom. The van der Waals surface area contributed by atoms with Crippen molar-refractivity contribution < 1.29 is 9.72 Å². The number of nitrogens with zero attached hydrogens (tertiary/aromatic N) is 5. The standard InChI is InChI=1S/C16H14N8O3/c1-10-5-7-18-12(8-10)21-14-13(24(26)27)15(20-9-19-14)22-23-16(25)11-4-2-3-6-17-11/h2-9H,1H3,(H,23,25)(H2,18,19,20,21,22). The number of carbonyl (C=O) groups excluding carboxylic acids is 1. The third-order valence-electron chi connectivity index (χ3n) is 3.36. The summed E-state index contributed by atoms with van der Waals surface area (Å²) in [5, 5.41) is 14.3. The molecule has 27 heavy (non-hydrogen) atoms. The first-order chi connectivity index (χ1) is 13.0. The van der Waals surface area contributed by atoms with Crippen LogP contribution in [-0.4, -0.2) is 30.8 Å². The van der Waals surface area contributed by atoms with Gasteiger partial charge >= 0.3 is 5.69 Å². The lowest BCUT2D eigenvalue weighted by molar-refractivity contribution is -0.383. The predicted molar refractivity (Wildman–Crippen MR) is 96.3 cm³/mol. The van der Waals surface area contributed by atoms with Gasteiger partial charge in [0.25, 0.3) is 5.91 Å². The SMILES string of the molecule is Cc1ccnc(Nc2ncnc(NNC(=O)c3ccccn3)c2[N+](=O)[O-])c1. The maximum absolute atomic E-state index is 12.0. The molecular formula is C16H14N8O3. The highest BCUT2D eigenvalue weighted by atomic mass is 16.6. The maximum atomic E-state index is 12.0. The lowest BCUT2D eigenvalue weighted by Crippen LogP contribution is -2.31. The number of nitro groups is 1. The van der Waals surface area contributed by atoms with Crippen molar-refractivity contribution in [1.29, 1.82) is 0 Å². The fraction of sp³-hybridized carbons (Fsp3) is 0.0625. The molecule has 136 valence electrons. The summed E-state index contributed by atoms with van der Waals surface area (Å²) in [5.41, 5.74) is 5.38. The zero-order valence-corrected chi connectivity index (χ0v) is 14.1. The molecule has 0 fully saturated rings. The van der Waals surface area contributed by atoms with Crippen LogP contribution in [0.15, 0.2) is 49.1 Å². The van der Waals surface area contributed by atoms with E-state index in [0.29, 0.717) is 5.82 Å². The fourth-order valence-electron chi connectivity index (χ4n) is 2.14. The van der Waals surface area contributed by atoms with Crippen molar-refractivity contribution in [1.82, 2.24) is 25.4 Å². The van der Waals surface area contributed by atoms with Crippen LogP contribution in [0.5, 0.6) is 0 Å². The Morgan fingerprint density at radius 2 is 1.89 bits per heavy atom. The van der Waals surface area contributed by atoms with Crippen molar-refractivity contribution in [3.63, 3.8) is 0 Å². The molecule has 1 amide bonds. The second kappa shape index (κ2) is 7.82. The number of carbonyl (C=O) groups is 1. The minimum atomic E-state index is -0.659. The summed E-state index contributed by atoms with van der Waals surface area (Å²) in [6, 6.07) is 8.31. The molecular weight excluding hydrogens is 352 g/mol. The van der Waals surface area contributed by atoms with E-state index < -0.39 is 16.5 Å². The number of amides is 1. The highest BCUT2D eigenvalue weighted by molar-refractivity contribution is 5.93. The quantitative estimate of drug-likeness (QED) is 0.440. The molecule has 0 saturated heterocycles. The minimum Gasteiger partial charge on any atom is -0.319 e. The molecule has 0 saturated carbocycles. The van der Waals surface area contributed by atoms with Gasteiger partial charge in [0.1, 0.15) is 17.8 Å². The maximum Gasteiger partial charge on any atom is 0.355 e. The average molecular weight is 366 g/mol. The van der Waals surface area contributed by atoms with Crippen molar-refractivity contribution in [2.24, 2.45) is 0 Å². The molecule has 3 aromatic heterocycles. The lowest BCUT2D eigenvalue weighted by atomic mass is 10.3. The summed E-state index contributed by atoms with van der Waals surface area (Å²) < 4.78 is 0. The summed E-state index contributed by atoms with van der Waals surface area (Å²) in [5.74, 6) is -0.434. The number of nitrogens with one attached hydrogen (secondary N) is 3. The van der Waals surface area contributed by atoms with Gasteiger partial charge in [0, 0.05) is 12.4 Å². The van der Waals surface area contributed by atoms with Crippen LogP contribution >= 0.6 is 0 Å². The molecule has 11 nitrogen and oxygen atoms in total. The number of rotatable bonds is 6. The van der Waals surface area contributed by atoms with Crippen LogP contribution in [0.25, 0.3) is 0 Å². The van der Waals surface area contributed by atoms with Gasteiger partial charge in [-0.25, -0.2) is 15.0 Å². The van der Waals surface area contributed by atoms with Gasteiger partial charge in [-0.3, -0.25) is 30.7 Å². The van der Waals surface area contributed by atoms with E-state index in [0.717, 1.165) is 11.9 Å². The summed E-state index contributed by atoms with van der Waals surface area (Å²) in [7, 11) is 0. The Labute approximate surface area is 153 Å².